The van der Waals surface area contributed by atoms with Crippen molar-refractivity contribution in [1.82, 2.24) is 19.4 Å². The molecule has 2 aromatic heterocycles. The molecule has 7 heteroatoms. The average Bonchev–Trinajstić information content (AvgIpc) is 3.33. The van der Waals surface area contributed by atoms with E-state index in [1.165, 1.54) is 42.6 Å². The first kappa shape index (κ1) is 23.7. The van der Waals surface area contributed by atoms with E-state index in [0.29, 0.717) is 19.1 Å². The van der Waals surface area contributed by atoms with Crippen LogP contribution in [0.5, 0.6) is 0 Å². The fourth-order valence-electron chi connectivity index (χ4n) is 5.61. The largest absolute Gasteiger partial charge is 0.450 e. The first-order valence-corrected chi connectivity index (χ1v) is 13.1. The monoisotopic (exact) mass is 475 g/mol. The number of carbonyl (C=O) groups excluding carboxylic acids is 1. The quantitative estimate of drug-likeness (QED) is 0.527. The third-order valence-electron chi connectivity index (χ3n) is 7.71. The summed E-state index contributed by atoms with van der Waals surface area (Å²) in [7, 11) is 0. The van der Waals surface area contributed by atoms with E-state index in [2.05, 4.69) is 71.3 Å². The molecule has 2 aliphatic rings. The Hall–Kier alpha value is -3.06. The zero-order valence-electron chi connectivity index (χ0n) is 21.2. The molecule has 0 bridgehead atoms. The van der Waals surface area contributed by atoms with E-state index in [4.69, 9.17) is 4.74 Å². The fourth-order valence-corrected chi connectivity index (χ4v) is 5.61. The molecule has 0 saturated carbocycles. The number of amides is 1. The van der Waals surface area contributed by atoms with Gasteiger partial charge < -0.3 is 19.4 Å². The molecule has 0 radical (unpaired) electrons. The molecule has 0 N–H and O–H groups in total. The summed E-state index contributed by atoms with van der Waals surface area (Å²) >= 11 is 0. The van der Waals surface area contributed by atoms with Gasteiger partial charge in [0.15, 0.2) is 0 Å². The summed E-state index contributed by atoms with van der Waals surface area (Å²) in [5.74, 6) is 0.670. The van der Waals surface area contributed by atoms with Gasteiger partial charge in [-0.3, -0.25) is 0 Å². The molecule has 2 saturated heterocycles. The number of piperazine rings is 1. The lowest BCUT2D eigenvalue weighted by molar-refractivity contribution is 0.0892. The van der Waals surface area contributed by atoms with Crippen LogP contribution in [0.2, 0.25) is 0 Å². The Balaban J connectivity index is 1.33. The summed E-state index contributed by atoms with van der Waals surface area (Å²) in [5.41, 5.74) is 6.10. The number of aromatic nitrogens is 2. The van der Waals surface area contributed by atoms with Crippen LogP contribution in [0.4, 0.5) is 10.5 Å². The van der Waals surface area contributed by atoms with Gasteiger partial charge in [0, 0.05) is 43.6 Å². The van der Waals surface area contributed by atoms with Crippen LogP contribution in [-0.4, -0.2) is 77.4 Å². The highest BCUT2D eigenvalue weighted by atomic mass is 16.6. The molecule has 0 aliphatic carbocycles. The van der Waals surface area contributed by atoms with Gasteiger partial charge in [0.05, 0.1) is 17.8 Å². The van der Waals surface area contributed by atoms with Crippen molar-refractivity contribution in [2.45, 2.75) is 45.6 Å². The second-order valence-corrected chi connectivity index (χ2v) is 9.79. The van der Waals surface area contributed by atoms with Crippen LogP contribution >= 0.6 is 0 Å². The number of nitrogens with zero attached hydrogens (tertiary/aromatic N) is 5. The van der Waals surface area contributed by atoms with Gasteiger partial charge in [-0.2, -0.15) is 5.10 Å². The van der Waals surface area contributed by atoms with Crippen LogP contribution in [0.3, 0.4) is 0 Å². The molecule has 3 aromatic rings. The molecule has 5 rings (SSSR count). The maximum atomic E-state index is 12.2. The number of benzene rings is 1. The summed E-state index contributed by atoms with van der Waals surface area (Å²) in [6.45, 7) is 12.3. The second kappa shape index (κ2) is 10.3. The van der Waals surface area contributed by atoms with Crippen LogP contribution in [0.25, 0.3) is 16.6 Å². The Morgan fingerprint density at radius 1 is 1.03 bits per heavy atom. The van der Waals surface area contributed by atoms with Crippen molar-refractivity contribution in [1.29, 1.82) is 0 Å². The summed E-state index contributed by atoms with van der Waals surface area (Å²) < 4.78 is 7.20. The highest BCUT2D eigenvalue weighted by molar-refractivity contribution is 5.80. The van der Waals surface area contributed by atoms with Gasteiger partial charge in [0.2, 0.25) is 0 Å². The van der Waals surface area contributed by atoms with E-state index in [-0.39, 0.29) is 12.1 Å². The molecule has 1 amide bonds. The molecule has 2 fully saturated rings. The van der Waals surface area contributed by atoms with Crippen molar-refractivity contribution in [3.8, 4) is 11.1 Å². The van der Waals surface area contributed by atoms with Crippen LogP contribution in [-0.2, 0) is 4.74 Å². The predicted octanol–water partition coefficient (Wildman–Crippen LogP) is 4.87. The Bertz CT molecular complexity index is 1150. The maximum absolute atomic E-state index is 12.2. The highest BCUT2D eigenvalue weighted by Crippen LogP contribution is 2.32. The first-order chi connectivity index (χ1) is 17.1. The number of hydrogen-bond acceptors (Lipinski definition) is 5. The summed E-state index contributed by atoms with van der Waals surface area (Å²) in [5, 5.41) is 4.58. The third-order valence-corrected chi connectivity index (χ3v) is 7.71. The minimum atomic E-state index is -0.219. The van der Waals surface area contributed by atoms with Gasteiger partial charge in [-0.25, -0.2) is 9.31 Å². The molecular formula is C28H37N5O2. The Morgan fingerprint density at radius 3 is 2.49 bits per heavy atom. The molecule has 0 unspecified atom stereocenters. The molecule has 7 nitrogen and oxygen atoms in total. The van der Waals surface area contributed by atoms with E-state index in [1.54, 1.807) is 0 Å². The lowest BCUT2D eigenvalue weighted by Gasteiger charge is -2.40. The summed E-state index contributed by atoms with van der Waals surface area (Å²) in [6, 6.07) is 13.6. The van der Waals surface area contributed by atoms with Gasteiger partial charge >= 0.3 is 6.09 Å². The topological polar surface area (TPSA) is 53.3 Å². The Labute approximate surface area is 208 Å². The zero-order valence-corrected chi connectivity index (χ0v) is 21.2. The standard InChI is InChI=1S/C28H37N5O2/c1-4-30-14-11-24(12-15-30)22-6-8-23(9-7-22)25-18-27-26(10-13-29-33(27)20-25)31-16-17-32(21(3)19-31)28(34)35-5-2/h6-10,13,18,20-21,24H,4-5,11-12,14-17,19H2,1-3H3/t21-/m1/s1. The smallest absolute Gasteiger partial charge is 0.410 e. The van der Waals surface area contributed by atoms with Crippen LogP contribution in [0.1, 0.15) is 45.1 Å². The highest BCUT2D eigenvalue weighted by Gasteiger charge is 2.29. The Morgan fingerprint density at radius 2 is 1.80 bits per heavy atom. The summed E-state index contributed by atoms with van der Waals surface area (Å²) in [4.78, 5) is 19.0. The third kappa shape index (κ3) is 4.87. The molecule has 2 aliphatic heterocycles. The molecule has 4 heterocycles. The van der Waals surface area contributed by atoms with Crippen LogP contribution in [0.15, 0.2) is 48.8 Å². The number of fused-ring (bicyclic) bond motifs is 1. The second-order valence-electron chi connectivity index (χ2n) is 9.79. The van der Waals surface area contributed by atoms with Crippen LogP contribution in [0, 0.1) is 0 Å². The molecule has 0 spiro atoms. The van der Waals surface area contributed by atoms with Crippen molar-refractivity contribution < 1.29 is 9.53 Å². The van der Waals surface area contributed by atoms with Crippen molar-refractivity contribution in [3.63, 3.8) is 0 Å². The van der Waals surface area contributed by atoms with Crippen molar-refractivity contribution in [3.05, 3.63) is 54.4 Å². The fraction of sp³-hybridized carbons (Fsp3) is 0.500. The van der Waals surface area contributed by atoms with Gasteiger partial charge in [0.25, 0.3) is 0 Å². The van der Waals surface area contributed by atoms with E-state index in [1.807, 2.05) is 22.5 Å². The number of hydrogen-bond donors (Lipinski definition) is 0. The number of ether oxygens (including phenoxy) is 1. The van der Waals surface area contributed by atoms with E-state index in [9.17, 15) is 4.79 Å². The normalized spacial score (nSPS) is 19.9. The SMILES string of the molecule is CCOC(=O)N1CCN(c2ccnn3cc(-c4ccc(C5CCN(CC)CC5)cc4)cc23)C[C@H]1C. The van der Waals surface area contributed by atoms with E-state index < -0.39 is 0 Å². The van der Waals surface area contributed by atoms with E-state index in [0.717, 1.165) is 30.8 Å². The van der Waals surface area contributed by atoms with Crippen LogP contribution < -0.4 is 4.90 Å². The van der Waals surface area contributed by atoms with Crippen molar-refractivity contribution >= 4 is 17.3 Å². The lowest BCUT2D eigenvalue weighted by atomic mass is 9.88. The zero-order chi connectivity index (χ0) is 24.4. The van der Waals surface area contributed by atoms with Gasteiger partial charge in [-0.15, -0.1) is 0 Å². The molecule has 1 atom stereocenters. The summed E-state index contributed by atoms with van der Waals surface area (Å²) in [6.07, 6.45) is 6.26. The number of likely N-dealkylation sites (tertiary alicyclic amines) is 1. The van der Waals surface area contributed by atoms with Gasteiger partial charge in [-0.1, -0.05) is 31.2 Å². The number of piperidine rings is 1. The Kier molecular flexibility index (Phi) is 6.95. The number of carbonyl (C=O) groups is 1. The van der Waals surface area contributed by atoms with Crippen molar-refractivity contribution in [2.75, 3.05) is 50.8 Å². The molecule has 35 heavy (non-hydrogen) atoms. The molecule has 1 aromatic carbocycles. The molecule has 186 valence electrons. The van der Waals surface area contributed by atoms with Gasteiger partial charge in [-0.05, 0) is 75.5 Å². The van der Waals surface area contributed by atoms with Gasteiger partial charge in [0.1, 0.15) is 0 Å². The lowest BCUT2D eigenvalue weighted by Crippen LogP contribution is -2.54. The number of rotatable bonds is 5. The first-order valence-electron chi connectivity index (χ1n) is 13.1. The molecular weight excluding hydrogens is 438 g/mol. The average molecular weight is 476 g/mol. The predicted molar refractivity (Wildman–Crippen MR) is 140 cm³/mol. The minimum absolute atomic E-state index is 0.0854. The maximum Gasteiger partial charge on any atom is 0.410 e. The minimum Gasteiger partial charge on any atom is -0.450 e. The van der Waals surface area contributed by atoms with E-state index >= 15 is 0 Å². The number of anilines is 1. The van der Waals surface area contributed by atoms with Crippen molar-refractivity contribution in [2.24, 2.45) is 0 Å².